The minimum atomic E-state index is 0.0727. The van der Waals surface area contributed by atoms with E-state index in [-0.39, 0.29) is 5.54 Å². The van der Waals surface area contributed by atoms with Crippen molar-refractivity contribution in [3.8, 4) is 11.8 Å². The minimum Gasteiger partial charge on any atom is -0.301 e. The Hall–Kier alpha value is -1.26. The fraction of sp³-hybridized carbons (Fsp3) is 0.556. The van der Waals surface area contributed by atoms with E-state index in [1.54, 1.807) is 0 Å². The third-order valence-electron chi connectivity index (χ3n) is 3.92. The topological polar surface area (TPSA) is 12.0 Å². The number of benzene rings is 1. The highest BCUT2D eigenvalue weighted by Crippen LogP contribution is 2.27. The molecule has 0 heterocycles. The summed E-state index contributed by atoms with van der Waals surface area (Å²) in [7, 11) is 0. The summed E-state index contributed by atoms with van der Waals surface area (Å²) in [6.07, 6.45) is 8.88. The normalized spacial score (nSPS) is 17.5. The highest BCUT2D eigenvalue weighted by molar-refractivity contribution is 5.36. The molecule has 1 saturated carbocycles. The second-order valence-electron chi connectivity index (χ2n) is 5.54. The maximum absolute atomic E-state index is 3.73. The maximum Gasteiger partial charge on any atom is 0.0804 e. The summed E-state index contributed by atoms with van der Waals surface area (Å²) in [5, 5.41) is 3.73. The molecule has 0 bridgehead atoms. The van der Waals surface area contributed by atoms with Crippen molar-refractivity contribution in [2.75, 3.05) is 6.54 Å². The first-order chi connectivity index (χ1) is 9.35. The highest BCUT2D eigenvalue weighted by Gasteiger charge is 2.28. The third kappa shape index (κ3) is 4.40. The van der Waals surface area contributed by atoms with Crippen molar-refractivity contribution in [3.05, 3.63) is 35.9 Å². The standard InChI is InChI=1S/C18H25N/c1-2-3-16-19-18(13-8-5-9-14-18)15-12-17-10-6-4-7-11-17/h4,6-7,10-11,19H,2-3,5,8-9,13-14,16H2,1H3. The average molecular weight is 255 g/mol. The second kappa shape index (κ2) is 7.36. The van der Waals surface area contributed by atoms with E-state index in [0.29, 0.717) is 0 Å². The molecule has 1 aliphatic carbocycles. The van der Waals surface area contributed by atoms with Gasteiger partial charge in [-0.1, -0.05) is 62.6 Å². The number of unbranched alkanes of at least 4 members (excludes halogenated alkanes) is 1. The first kappa shape index (κ1) is 14.2. The van der Waals surface area contributed by atoms with E-state index in [9.17, 15) is 0 Å². The smallest absolute Gasteiger partial charge is 0.0804 e. The van der Waals surface area contributed by atoms with Crippen molar-refractivity contribution in [1.29, 1.82) is 0 Å². The Morgan fingerprint density at radius 3 is 2.53 bits per heavy atom. The van der Waals surface area contributed by atoms with Gasteiger partial charge in [0, 0.05) is 5.56 Å². The predicted octanol–water partition coefficient (Wildman–Crippen LogP) is 4.13. The number of nitrogens with one attached hydrogen (secondary N) is 1. The van der Waals surface area contributed by atoms with Crippen LogP contribution in [-0.2, 0) is 0 Å². The summed E-state index contributed by atoms with van der Waals surface area (Å²) in [6.45, 7) is 3.34. The molecular formula is C18H25N. The summed E-state index contributed by atoms with van der Waals surface area (Å²) in [5.74, 6) is 6.92. The SMILES string of the molecule is CCCCNC1(C#Cc2ccccc2)CCCCC1. The van der Waals surface area contributed by atoms with Crippen LogP contribution in [0.5, 0.6) is 0 Å². The molecule has 0 atom stereocenters. The summed E-state index contributed by atoms with van der Waals surface area (Å²) < 4.78 is 0. The van der Waals surface area contributed by atoms with Crippen LogP contribution in [0.3, 0.4) is 0 Å². The molecule has 0 unspecified atom stereocenters. The molecule has 0 saturated heterocycles. The van der Waals surface area contributed by atoms with E-state index in [0.717, 1.165) is 12.1 Å². The van der Waals surface area contributed by atoms with Crippen LogP contribution in [0.1, 0.15) is 57.4 Å². The van der Waals surface area contributed by atoms with Gasteiger partial charge in [-0.3, -0.25) is 0 Å². The van der Waals surface area contributed by atoms with Gasteiger partial charge in [0.15, 0.2) is 0 Å². The van der Waals surface area contributed by atoms with E-state index in [2.05, 4.69) is 48.3 Å². The van der Waals surface area contributed by atoms with E-state index in [1.165, 1.54) is 44.9 Å². The van der Waals surface area contributed by atoms with Crippen LogP contribution in [0.15, 0.2) is 30.3 Å². The quantitative estimate of drug-likeness (QED) is 0.630. The van der Waals surface area contributed by atoms with Crippen LogP contribution in [0.2, 0.25) is 0 Å². The lowest BCUT2D eigenvalue weighted by Gasteiger charge is -2.33. The van der Waals surface area contributed by atoms with E-state index < -0.39 is 0 Å². The fourth-order valence-corrected chi connectivity index (χ4v) is 2.72. The zero-order valence-corrected chi connectivity index (χ0v) is 12.0. The zero-order valence-electron chi connectivity index (χ0n) is 12.0. The lowest BCUT2D eigenvalue weighted by molar-refractivity contribution is 0.300. The van der Waals surface area contributed by atoms with Crippen molar-refractivity contribution in [2.45, 2.75) is 57.4 Å². The monoisotopic (exact) mass is 255 g/mol. The van der Waals surface area contributed by atoms with Gasteiger partial charge in [-0.2, -0.15) is 0 Å². The Kier molecular flexibility index (Phi) is 5.48. The molecule has 1 heteroatoms. The van der Waals surface area contributed by atoms with Crippen LogP contribution in [0, 0.1) is 11.8 Å². The van der Waals surface area contributed by atoms with Gasteiger partial charge < -0.3 is 5.32 Å². The third-order valence-corrected chi connectivity index (χ3v) is 3.92. The first-order valence-electron chi connectivity index (χ1n) is 7.68. The lowest BCUT2D eigenvalue weighted by atomic mass is 9.82. The lowest BCUT2D eigenvalue weighted by Crippen LogP contribution is -2.46. The van der Waals surface area contributed by atoms with Crippen LogP contribution in [0.25, 0.3) is 0 Å². The summed E-state index contributed by atoms with van der Waals surface area (Å²) in [6, 6.07) is 10.3. The molecule has 1 fully saturated rings. The maximum atomic E-state index is 3.73. The molecule has 102 valence electrons. The van der Waals surface area contributed by atoms with Gasteiger partial charge in [-0.15, -0.1) is 0 Å². The van der Waals surface area contributed by atoms with Gasteiger partial charge in [0.2, 0.25) is 0 Å². The molecule has 1 nitrogen and oxygen atoms in total. The zero-order chi connectivity index (χ0) is 13.4. The summed E-state index contributed by atoms with van der Waals surface area (Å²) in [5.41, 5.74) is 1.20. The molecule has 0 aliphatic heterocycles. The molecular weight excluding hydrogens is 230 g/mol. The number of hydrogen-bond acceptors (Lipinski definition) is 1. The van der Waals surface area contributed by atoms with Gasteiger partial charge in [-0.25, -0.2) is 0 Å². The molecule has 0 amide bonds. The molecule has 0 spiro atoms. The van der Waals surface area contributed by atoms with Gasteiger partial charge in [-0.05, 0) is 37.9 Å². The van der Waals surface area contributed by atoms with E-state index in [4.69, 9.17) is 0 Å². The number of rotatable bonds is 4. The van der Waals surface area contributed by atoms with Gasteiger partial charge in [0.05, 0.1) is 5.54 Å². The van der Waals surface area contributed by atoms with Crippen molar-refractivity contribution in [2.24, 2.45) is 0 Å². The molecule has 1 aromatic rings. The van der Waals surface area contributed by atoms with Gasteiger partial charge >= 0.3 is 0 Å². The Balaban J connectivity index is 2.07. The molecule has 1 N–H and O–H groups in total. The van der Waals surface area contributed by atoms with Crippen molar-refractivity contribution in [3.63, 3.8) is 0 Å². The molecule has 19 heavy (non-hydrogen) atoms. The predicted molar refractivity (Wildman–Crippen MR) is 82.0 cm³/mol. The van der Waals surface area contributed by atoms with Crippen LogP contribution in [0.4, 0.5) is 0 Å². The van der Waals surface area contributed by atoms with E-state index in [1.807, 2.05) is 6.07 Å². The Bertz CT molecular complexity index is 418. The fourth-order valence-electron chi connectivity index (χ4n) is 2.72. The molecule has 0 radical (unpaired) electrons. The van der Waals surface area contributed by atoms with Gasteiger partial charge in [0.1, 0.15) is 0 Å². The molecule has 1 aromatic carbocycles. The van der Waals surface area contributed by atoms with Crippen molar-refractivity contribution >= 4 is 0 Å². The second-order valence-corrected chi connectivity index (χ2v) is 5.54. The van der Waals surface area contributed by atoms with Crippen LogP contribution in [-0.4, -0.2) is 12.1 Å². The molecule has 1 aliphatic rings. The van der Waals surface area contributed by atoms with Crippen molar-refractivity contribution in [1.82, 2.24) is 5.32 Å². The van der Waals surface area contributed by atoms with Crippen molar-refractivity contribution < 1.29 is 0 Å². The minimum absolute atomic E-state index is 0.0727. The average Bonchev–Trinajstić information content (AvgIpc) is 2.48. The van der Waals surface area contributed by atoms with E-state index >= 15 is 0 Å². The molecule has 0 aromatic heterocycles. The van der Waals surface area contributed by atoms with Gasteiger partial charge in [0.25, 0.3) is 0 Å². The van der Waals surface area contributed by atoms with Crippen LogP contribution < -0.4 is 5.32 Å². The molecule has 2 rings (SSSR count). The highest BCUT2D eigenvalue weighted by atomic mass is 15.0. The van der Waals surface area contributed by atoms with Crippen LogP contribution >= 0.6 is 0 Å². The largest absolute Gasteiger partial charge is 0.301 e. The summed E-state index contributed by atoms with van der Waals surface area (Å²) >= 11 is 0. The first-order valence-corrected chi connectivity index (χ1v) is 7.68. The Morgan fingerprint density at radius 2 is 1.84 bits per heavy atom. The number of hydrogen-bond donors (Lipinski definition) is 1. The summed E-state index contributed by atoms with van der Waals surface area (Å²) in [4.78, 5) is 0. The Morgan fingerprint density at radius 1 is 1.11 bits per heavy atom. The Labute approximate surface area is 117 Å².